The van der Waals surface area contributed by atoms with Crippen LogP contribution in [-0.2, 0) is 6.54 Å². The molecule has 0 spiro atoms. The minimum atomic E-state index is 1.07. The Morgan fingerprint density at radius 1 is 1.27 bits per heavy atom. The van der Waals surface area contributed by atoms with Crippen molar-refractivity contribution in [1.82, 2.24) is 9.47 Å². The van der Waals surface area contributed by atoms with Gasteiger partial charge in [-0.2, -0.15) is 0 Å². The maximum absolute atomic E-state index is 3.28. The van der Waals surface area contributed by atoms with Crippen LogP contribution in [0.1, 0.15) is 6.42 Å². The second kappa shape index (κ2) is 4.49. The van der Waals surface area contributed by atoms with Crippen molar-refractivity contribution in [1.29, 1.82) is 0 Å². The third kappa shape index (κ3) is 2.39. The van der Waals surface area contributed by atoms with E-state index < -0.39 is 0 Å². The molecule has 0 aliphatic carbocycles. The van der Waals surface area contributed by atoms with E-state index in [2.05, 4.69) is 60.1 Å². The molecular formula is C13H17N2. The fraction of sp³-hybridized carbons (Fsp3) is 0.385. The molecule has 0 N–H and O–H groups in total. The van der Waals surface area contributed by atoms with Gasteiger partial charge in [-0.25, -0.2) is 0 Å². The lowest BCUT2D eigenvalue weighted by Crippen LogP contribution is -2.14. The summed E-state index contributed by atoms with van der Waals surface area (Å²) < 4.78 is 2.28. The van der Waals surface area contributed by atoms with Gasteiger partial charge in [0, 0.05) is 29.7 Å². The van der Waals surface area contributed by atoms with Crippen molar-refractivity contribution in [3.63, 3.8) is 0 Å². The molecule has 1 radical (unpaired) electrons. The first-order valence-electron chi connectivity index (χ1n) is 5.37. The zero-order valence-electron chi connectivity index (χ0n) is 9.40. The topological polar surface area (TPSA) is 8.17 Å². The quantitative estimate of drug-likeness (QED) is 0.737. The minimum absolute atomic E-state index is 1.07. The number of hydrogen-bond acceptors (Lipinski definition) is 1. The largest absolute Gasteiger partial charge is 0.347 e. The molecule has 2 heteroatoms. The van der Waals surface area contributed by atoms with Crippen molar-refractivity contribution in [3.8, 4) is 0 Å². The third-order valence-electron chi connectivity index (χ3n) is 2.59. The molecule has 2 aromatic rings. The molecule has 79 valence electrons. The van der Waals surface area contributed by atoms with Crippen molar-refractivity contribution in [3.05, 3.63) is 36.5 Å². The maximum Gasteiger partial charge on any atom is 0.0486 e. The molecule has 0 saturated heterocycles. The van der Waals surface area contributed by atoms with E-state index in [4.69, 9.17) is 0 Å². The summed E-state index contributed by atoms with van der Waals surface area (Å²) in [7, 11) is 4.22. The predicted molar refractivity (Wildman–Crippen MR) is 63.9 cm³/mol. The van der Waals surface area contributed by atoms with Crippen molar-refractivity contribution >= 4 is 10.9 Å². The van der Waals surface area contributed by atoms with Gasteiger partial charge in [-0.05, 0) is 33.1 Å². The molecule has 0 amide bonds. The molecule has 1 heterocycles. The van der Waals surface area contributed by atoms with Gasteiger partial charge < -0.3 is 9.47 Å². The summed E-state index contributed by atoms with van der Waals surface area (Å²) >= 11 is 0. The van der Waals surface area contributed by atoms with Gasteiger partial charge in [0.25, 0.3) is 0 Å². The molecule has 2 rings (SSSR count). The van der Waals surface area contributed by atoms with Gasteiger partial charge in [0.15, 0.2) is 0 Å². The van der Waals surface area contributed by atoms with Gasteiger partial charge >= 0.3 is 0 Å². The lowest BCUT2D eigenvalue weighted by molar-refractivity contribution is 0.388. The Hall–Kier alpha value is -1.28. The van der Waals surface area contributed by atoms with E-state index in [1.54, 1.807) is 0 Å². The molecule has 0 aliphatic rings. The van der Waals surface area contributed by atoms with Crippen LogP contribution in [-0.4, -0.2) is 30.1 Å². The van der Waals surface area contributed by atoms with Gasteiger partial charge in [-0.3, -0.25) is 0 Å². The van der Waals surface area contributed by atoms with E-state index in [1.807, 2.05) is 0 Å². The van der Waals surface area contributed by atoms with Crippen LogP contribution < -0.4 is 0 Å². The van der Waals surface area contributed by atoms with E-state index in [-0.39, 0.29) is 0 Å². The normalized spacial score (nSPS) is 11.4. The van der Waals surface area contributed by atoms with E-state index in [0.29, 0.717) is 0 Å². The lowest BCUT2D eigenvalue weighted by Gasteiger charge is -2.10. The Morgan fingerprint density at radius 3 is 2.87 bits per heavy atom. The van der Waals surface area contributed by atoms with Gasteiger partial charge in [0.05, 0.1) is 0 Å². The zero-order chi connectivity index (χ0) is 10.7. The number of nitrogens with zero attached hydrogens (tertiary/aromatic N) is 2. The fourth-order valence-corrected chi connectivity index (χ4v) is 1.81. The summed E-state index contributed by atoms with van der Waals surface area (Å²) in [6, 6.07) is 11.7. The van der Waals surface area contributed by atoms with Crippen LogP contribution in [0.3, 0.4) is 0 Å². The number of fused-ring (bicyclic) bond motifs is 1. The SMILES string of the molecule is CN(C)CCCn1c[c]c2ccccc21. The van der Waals surface area contributed by atoms with Crippen LogP contribution in [0.5, 0.6) is 0 Å². The van der Waals surface area contributed by atoms with Crippen molar-refractivity contribution < 1.29 is 0 Å². The average molecular weight is 201 g/mol. The van der Waals surface area contributed by atoms with Gasteiger partial charge in [-0.1, -0.05) is 18.2 Å². The first-order valence-corrected chi connectivity index (χ1v) is 5.37. The summed E-state index contributed by atoms with van der Waals surface area (Å²) in [6.07, 6.45) is 3.24. The summed E-state index contributed by atoms with van der Waals surface area (Å²) in [6.45, 7) is 2.20. The third-order valence-corrected chi connectivity index (χ3v) is 2.59. The summed E-state index contributed by atoms with van der Waals surface area (Å²) in [5.41, 5.74) is 1.29. The molecule has 0 saturated carbocycles. The highest BCUT2D eigenvalue weighted by molar-refractivity contribution is 5.79. The highest BCUT2D eigenvalue weighted by atomic mass is 15.1. The maximum atomic E-state index is 3.28. The second-order valence-electron chi connectivity index (χ2n) is 4.14. The fourth-order valence-electron chi connectivity index (χ4n) is 1.81. The Kier molecular flexibility index (Phi) is 3.07. The predicted octanol–water partition coefficient (Wildman–Crippen LogP) is 2.39. The summed E-state index contributed by atoms with van der Waals surface area (Å²) in [5.74, 6) is 0. The van der Waals surface area contributed by atoms with Crippen LogP contribution in [0.2, 0.25) is 0 Å². The number of benzene rings is 1. The molecule has 0 atom stereocenters. The number of hydrogen-bond donors (Lipinski definition) is 0. The van der Waals surface area contributed by atoms with Crippen molar-refractivity contribution in [2.75, 3.05) is 20.6 Å². The number of para-hydroxylation sites is 1. The lowest BCUT2D eigenvalue weighted by atomic mass is 10.2. The Labute approximate surface area is 91.1 Å². The number of aromatic nitrogens is 1. The van der Waals surface area contributed by atoms with Crippen LogP contribution in [0.4, 0.5) is 0 Å². The van der Waals surface area contributed by atoms with Crippen molar-refractivity contribution in [2.45, 2.75) is 13.0 Å². The zero-order valence-corrected chi connectivity index (χ0v) is 9.40. The highest BCUT2D eigenvalue weighted by Crippen LogP contribution is 2.14. The monoisotopic (exact) mass is 201 g/mol. The Balaban J connectivity index is 2.08. The smallest absolute Gasteiger partial charge is 0.0486 e. The summed E-state index contributed by atoms with van der Waals surface area (Å²) in [5, 5.41) is 1.21. The highest BCUT2D eigenvalue weighted by Gasteiger charge is 1.99. The van der Waals surface area contributed by atoms with E-state index in [0.717, 1.165) is 13.1 Å². The van der Waals surface area contributed by atoms with Gasteiger partial charge in [0.2, 0.25) is 0 Å². The molecule has 2 nitrogen and oxygen atoms in total. The molecule has 15 heavy (non-hydrogen) atoms. The van der Waals surface area contributed by atoms with Crippen LogP contribution >= 0.6 is 0 Å². The first kappa shape index (κ1) is 10.2. The summed E-state index contributed by atoms with van der Waals surface area (Å²) in [4.78, 5) is 2.22. The molecule has 0 fully saturated rings. The van der Waals surface area contributed by atoms with E-state index >= 15 is 0 Å². The van der Waals surface area contributed by atoms with Crippen molar-refractivity contribution in [2.24, 2.45) is 0 Å². The van der Waals surface area contributed by atoms with Gasteiger partial charge in [-0.15, -0.1) is 0 Å². The molecular weight excluding hydrogens is 184 g/mol. The molecule has 0 unspecified atom stereocenters. The first-order chi connectivity index (χ1) is 7.27. The molecule has 1 aromatic heterocycles. The standard InChI is InChI=1S/C13H17N2/c1-14(2)9-5-10-15-11-8-12-6-3-4-7-13(12)15/h3-4,6-7,11H,5,9-10H2,1-2H3. The molecule has 0 bridgehead atoms. The van der Waals surface area contributed by atoms with Gasteiger partial charge in [0.1, 0.15) is 0 Å². The second-order valence-corrected chi connectivity index (χ2v) is 4.14. The number of aryl methyl sites for hydroxylation is 1. The minimum Gasteiger partial charge on any atom is -0.347 e. The van der Waals surface area contributed by atoms with Crippen LogP contribution in [0, 0.1) is 6.07 Å². The average Bonchev–Trinajstić information content (AvgIpc) is 2.62. The van der Waals surface area contributed by atoms with Crippen LogP contribution in [0.25, 0.3) is 10.9 Å². The Bertz CT molecular complexity index is 429. The van der Waals surface area contributed by atoms with E-state index in [9.17, 15) is 0 Å². The molecule has 0 aliphatic heterocycles. The Morgan fingerprint density at radius 2 is 2.07 bits per heavy atom. The number of rotatable bonds is 4. The molecule has 1 aromatic carbocycles. The van der Waals surface area contributed by atoms with Crippen LogP contribution in [0.15, 0.2) is 30.5 Å². The van der Waals surface area contributed by atoms with E-state index in [1.165, 1.54) is 17.3 Å².